The molecule has 0 aliphatic heterocycles. The van der Waals surface area contributed by atoms with Crippen LogP contribution in [0.2, 0.25) is 0 Å². The average Bonchev–Trinajstić information content (AvgIpc) is 3.25. The molecule has 0 saturated carbocycles. The molecule has 2 aromatic carbocycles. The summed E-state index contributed by atoms with van der Waals surface area (Å²) in [5.41, 5.74) is 4.92. The number of rotatable bonds is 4. The van der Waals surface area contributed by atoms with Crippen LogP contribution in [-0.4, -0.2) is 29.8 Å². The van der Waals surface area contributed by atoms with E-state index < -0.39 is 0 Å². The van der Waals surface area contributed by atoms with Crippen LogP contribution >= 0.6 is 0 Å². The Balaban J connectivity index is 1.66. The minimum Gasteiger partial charge on any atom is -0.378 e. The topological polar surface area (TPSA) is 50.2 Å². The number of amides is 1. The van der Waals surface area contributed by atoms with Gasteiger partial charge in [-0.25, -0.2) is 4.68 Å². The maximum absolute atomic E-state index is 12.8. The van der Waals surface area contributed by atoms with Gasteiger partial charge in [-0.05, 0) is 55.7 Å². The number of nitrogens with zero attached hydrogens (tertiary/aromatic N) is 3. The summed E-state index contributed by atoms with van der Waals surface area (Å²) in [4.78, 5) is 14.8. The van der Waals surface area contributed by atoms with E-state index in [4.69, 9.17) is 5.10 Å². The highest BCUT2D eigenvalue weighted by Crippen LogP contribution is 2.31. The SMILES string of the molecule is CN(C)c1ccc(C(=O)Nc2c3c(nn2-c2ccccc2)CCC3)cc1. The zero-order valence-electron chi connectivity index (χ0n) is 15.1. The molecule has 4 rings (SSSR count). The summed E-state index contributed by atoms with van der Waals surface area (Å²) in [6.45, 7) is 0. The van der Waals surface area contributed by atoms with Crippen molar-refractivity contribution in [2.45, 2.75) is 19.3 Å². The number of aryl methyl sites for hydroxylation is 1. The predicted molar refractivity (Wildman–Crippen MR) is 104 cm³/mol. The van der Waals surface area contributed by atoms with Crippen molar-refractivity contribution < 1.29 is 4.79 Å². The minimum absolute atomic E-state index is 0.109. The maximum Gasteiger partial charge on any atom is 0.256 e. The molecule has 0 atom stereocenters. The molecule has 1 aliphatic carbocycles. The van der Waals surface area contributed by atoms with E-state index in [2.05, 4.69) is 5.32 Å². The molecular weight excluding hydrogens is 324 g/mol. The third kappa shape index (κ3) is 2.96. The fourth-order valence-corrected chi connectivity index (χ4v) is 3.37. The molecule has 0 radical (unpaired) electrons. The van der Waals surface area contributed by atoms with Crippen molar-refractivity contribution in [3.63, 3.8) is 0 Å². The lowest BCUT2D eigenvalue weighted by atomic mass is 10.2. The van der Waals surface area contributed by atoms with E-state index >= 15 is 0 Å². The van der Waals surface area contributed by atoms with Crippen molar-refractivity contribution >= 4 is 17.4 Å². The van der Waals surface area contributed by atoms with Crippen molar-refractivity contribution in [3.05, 3.63) is 71.4 Å². The first kappa shape index (κ1) is 16.4. The van der Waals surface area contributed by atoms with Crippen LogP contribution in [0.1, 0.15) is 28.0 Å². The summed E-state index contributed by atoms with van der Waals surface area (Å²) in [5.74, 6) is 0.687. The Morgan fingerprint density at radius 2 is 1.77 bits per heavy atom. The first-order chi connectivity index (χ1) is 12.6. The fraction of sp³-hybridized carbons (Fsp3) is 0.238. The molecule has 5 nitrogen and oxygen atoms in total. The van der Waals surface area contributed by atoms with Gasteiger partial charge >= 0.3 is 0 Å². The highest BCUT2D eigenvalue weighted by Gasteiger charge is 2.24. The third-order valence-corrected chi connectivity index (χ3v) is 4.79. The first-order valence-electron chi connectivity index (χ1n) is 8.88. The van der Waals surface area contributed by atoms with Crippen LogP contribution in [-0.2, 0) is 12.8 Å². The quantitative estimate of drug-likeness (QED) is 0.784. The van der Waals surface area contributed by atoms with Gasteiger partial charge in [0.25, 0.3) is 5.91 Å². The van der Waals surface area contributed by atoms with Gasteiger partial charge in [0.05, 0.1) is 11.4 Å². The highest BCUT2D eigenvalue weighted by molar-refractivity contribution is 6.04. The van der Waals surface area contributed by atoms with Gasteiger partial charge in [0, 0.05) is 30.9 Å². The van der Waals surface area contributed by atoms with Crippen LogP contribution in [0.15, 0.2) is 54.6 Å². The van der Waals surface area contributed by atoms with Crippen LogP contribution in [0.5, 0.6) is 0 Å². The molecule has 0 bridgehead atoms. The summed E-state index contributed by atoms with van der Waals surface area (Å²) in [5, 5.41) is 7.84. The van der Waals surface area contributed by atoms with Crippen LogP contribution in [0.3, 0.4) is 0 Å². The summed E-state index contributed by atoms with van der Waals surface area (Å²) in [6, 6.07) is 17.6. The number of para-hydroxylation sites is 1. The minimum atomic E-state index is -0.109. The Morgan fingerprint density at radius 1 is 1.04 bits per heavy atom. The summed E-state index contributed by atoms with van der Waals surface area (Å²) in [6.07, 6.45) is 3.01. The molecule has 1 heterocycles. The van der Waals surface area contributed by atoms with E-state index in [0.29, 0.717) is 5.56 Å². The third-order valence-electron chi connectivity index (χ3n) is 4.79. The van der Waals surface area contributed by atoms with Crippen molar-refractivity contribution in [2.75, 3.05) is 24.3 Å². The number of aromatic nitrogens is 2. The highest BCUT2D eigenvalue weighted by atomic mass is 16.1. The maximum atomic E-state index is 12.8. The number of hydrogen-bond donors (Lipinski definition) is 1. The largest absolute Gasteiger partial charge is 0.378 e. The summed E-state index contributed by atoms with van der Waals surface area (Å²) >= 11 is 0. The number of hydrogen-bond acceptors (Lipinski definition) is 3. The number of nitrogens with one attached hydrogen (secondary N) is 1. The van der Waals surface area contributed by atoms with Gasteiger partial charge in [-0.1, -0.05) is 18.2 Å². The van der Waals surface area contributed by atoms with Crippen molar-refractivity contribution in [1.82, 2.24) is 9.78 Å². The molecule has 132 valence electrons. The molecule has 0 saturated heterocycles. The van der Waals surface area contributed by atoms with E-state index in [1.54, 1.807) is 0 Å². The van der Waals surface area contributed by atoms with Crippen molar-refractivity contribution in [1.29, 1.82) is 0 Å². The second kappa shape index (κ2) is 6.67. The summed E-state index contributed by atoms with van der Waals surface area (Å²) in [7, 11) is 3.97. The number of anilines is 2. The van der Waals surface area contributed by atoms with Crippen molar-refractivity contribution in [3.8, 4) is 5.69 Å². The Labute approximate surface area is 153 Å². The predicted octanol–water partition coefficient (Wildman–Crippen LogP) is 3.68. The smallest absolute Gasteiger partial charge is 0.256 e. The van der Waals surface area contributed by atoms with Gasteiger partial charge in [-0.2, -0.15) is 5.10 Å². The van der Waals surface area contributed by atoms with Crippen LogP contribution in [0, 0.1) is 0 Å². The standard InChI is InChI=1S/C21H22N4O/c1-24(2)16-13-11-15(12-14-16)21(26)22-20-18-9-6-10-19(18)23-25(20)17-7-4-3-5-8-17/h3-5,7-8,11-14H,6,9-10H2,1-2H3,(H,22,26). The van der Waals surface area contributed by atoms with Gasteiger partial charge in [0.2, 0.25) is 0 Å². The van der Waals surface area contributed by atoms with Gasteiger partial charge in [0.1, 0.15) is 5.82 Å². The second-order valence-corrected chi connectivity index (χ2v) is 6.77. The van der Waals surface area contributed by atoms with Crippen LogP contribution < -0.4 is 10.2 Å². The average molecular weight is 346 g/mol. The van der Waals surface area contributed by atoms with E-state index in [0.717, 1.165) is 47.7 Å². The van der Waals surface area contributed by atoms with Crippen LogP contribution in [0.4, 0.5) is 11.5 Å². The molecule has 26 heavy (non-hydrogen) atoms. The molecule has 3 aromatic rings. The molecule has 0 spiro atoms. The monoisotopic (exact) mass is 346 g/mol. The van der Waals surface area contributed by atoms with E-state index in [1.165, 1.54) is 0 Å². The molecule has 5 heteroatoms. The van der Waals surface area contributed by atoms with E-state index in [-0.39, 0.29) is 5.91 Å². The normalized spacial score (nSPS) is 12.7. The van der Waals surface area contributed by atoms with Crippen molar-refractivity contribution in [2.24, 2.45) is 0 Å². The second-order valence-electron chi connectivity index (χ2n) is 6.77. The first-order valence-corrected chi connectivity index (χ1v) is 8.88. The molecule has 1 N–H and O–H groups in total. The number of carbonyl (C=O) groups excluding carboxylic acids is 1. The van der Waals surface area contributed by atoms with Gasteiger partial charge in [-0.3, -0.25) is 4.79 Å². The molecule has 1 aliphatic rings. The summed E-state index contributed by atoms with van der Waals surface area (Å²) < 4.78 is 1.86. The molecule has 1 amide bonds. The molecule has 0 unspecified atom stereocenters. The lowest BCUT2D eigenvalue weighted by Gasteiger charge is -2.13. The Morgan fingerprint density at radius 3 is 2.46 bits per heavy atom. The molecular formula is C21H22N4O. The Hall–Kier alpha value is -3.08. The zero-order valence-corrected chi connectivity index (χ0v) is 15.1. The van der Waals surface area contributed by atoms with Gasteiger partial charge < -0.3 is 10.2 Å². The lowest BCUT2D eigenvalue weighted by Crippen LogP contribution is -2.16. The zero-order chi connectivity index (χ0) is 18.1. The van der Waals surface area contributed by atoms with Gasteiger partial charge in [-0.15, -0.1) is 0 Å². The lowest BCUT2D eigenvalue weighted by molar-refractivity contribution is 0.102. The van der Waals surface area contributed by atoms with Gasteiger partial charge in [0.15, 0.2) is 0 Å². The molecule has 0 fully saturated rings. The fourth-order valence-electron chi connectivity index (χ4n) is 3.37. The van der Waals surface area contributed by atoms with E-state index in [1.807, 2.05) is 78.3 Å². The number of fused-ring (bicyclic) bond motifs is 1. The van der Waals surface area contributed by atoms with E-state index in [9.17, 15) is 4.79 Å². The Kier molecular flexibility index (Phi) is 4.21. The molecule has 1 aromatic heterocycles. The number of carbonyl (C=O) groups is 1. The number of benzene rings is 2. The van der Waals surface area contributed by atoms with Crippen LogP contribution in [0.25, 0.3) is 5.69 Å². The Bertz CT molecular complexity index is 927.